The van der Waals surface area contributed by atoms with Gasteiger partial charge in [-0.2, -0.15) is 4.39 Å². The van der Waals surface area contributed by atoms with Crippen molar-refractivity contribution in [1.82, 2.24) is 0 Å². The summed E-state index contributed by atoms with van der Waals surface area (Å²) in [5.41, 5.74) is -2.67. The van der Waals surface area contributed by atoms with E-state index in [0.29, 0.717) is 12.1 Å². The van der Waals surface area contributed by atoms with Crippen LogP contribution in [0.25, 0.3) is 0 Å². The van der Waals surface area contributed by atoms with Crippen molar-refractivity contribution in [2.24, 2.45) is 5.92 Å². The third-order valence-electron chi connectivity index (χ3n) is 3.02. The van der Waals surface area contributed by atoms with Gasteiger partial charge in [0.25, 0.3) is 0 Å². The Balaban J connectivity index is 2.53. The van der Waals surface area contributed by atoms with Gasteiger partial charge in [-0.15, -0.1) is 0 Å². The van der Waals surface area contributed by atoms with Gasteiger partial charge in [-0.25, -0.2) is 8.78 Å². The lowest BCUT2D eigenvalue weighted by Crippen LogP contribution is -2.52. The zero-order valence-electron chi connectivity index (χ0n) is 10.7. The zero-order chi connectivity index (χ0) is 16.5. The third-order valence-corrected chi connectivity index (χ3v) is 3.02. The standard InChI is InChI=1S/C13H8F3NO5/c14-8-4-5-9(11(16)10(8)15)22-13(17(20)21)6-2-1-3-7(13)12(18)19/h1-7H,(H,18,19). The fourth-order valence-electron chi connectivity index (χ4n) is 1.94. The second-order valence-electron chi connectivity index (χ2n) is 4.34. The van der Waals surface area contributed by atoms with Crippen molar-refractivity contribution < 1.29 is 32.7 Å². The van der Waals surface area contributed by atoms with E-state index >= 15 is 0 Å². The van der Waals surface area contributed by atoms with E-state index in [0.717, 1.165) is 18.2 Å². The molecule has 0 aliphatic heterocycles. The van der Waals surface area contributed by atoms with E-state index < -0.39 is 45.7 Å². The number of hydrogen-bond acceptors (Lipinski definition) is 4. The molecule has 0 amide bonds. The van der Waals surface area contributed by atoms with Crippen LogP contribution < -0.4 is 4.74 Å². The number of ether oxygens (including phenoxy) is 1. The van der Waals surface area contributed by atoms with E-state index in [4.69, 9.17) is 9.84 Å². The molecule has 9 heteroatoms. The molecule has 0 fully saturated rings. The number of hydrogen-bond donors (Lipinski definition) is 1. The van der Waals surface area contributed by atoms with Crippen LogP contribution in [0.2, 0.25) is 0 Å². The first kappa shape index (κ1) is 15.5. The number of rotatable bonds is 4. The quantitative estimate of drug-likeness (QED) is 0.398. The fraction of sp³-hybridized carbons (Fsp3) is 0.154. The molecule has 0 saturated carbocycles. The van der Waals surface area contributed by atoms with Gasteiger partial charge in [0.2, 0.25) is 5.82 Å². The summed E-state index contributed by atoms with van der Waals surface area (Å²) in [5, 5.41) is 20.4. The Kier molecular flexibility index (Phi) is 3.89. The Hall–Kier alpha value is -2.84. The number of nitro groups is 1. The Morgan fingerprint density at radius 2 is 1.95 bits per heavy atom. The van der Waals surface area contributed by atoms with Crippen molar-refractivity contribution in [3.05, 3.63) is 64.0 Å². The fourth-order valence-corrected chi connectivity index (χ4v) is 1.94. The van der Waals surface area contributed by atoms with Crippen molar-refractivity contribution in [2.45, 2.75) is 5.72 Å². The minimum atomic E-state index is -2.67. The van der Waals surface area contributed by atoms with Crippen molar-refractivity contribution in [3.8, 4) is 5.75 Å². The smallest absolute Gasteiger partial charge is 0.400 e. The molecule has 2 rings (SSSR count). The molecule has 2 unspecified atom stereocenters. The minimum Gasteiger partial charge on any atom is -0.480 e. The van der Waals surface area contributed by atoms with E-state index in [1.54, 1.807) is 0 Å². The topological polar surface area (TPSA) is 89.7 Å². The number of nitrogens with zero attached hydrogens (tertiary/aromatic N) is 1. The van der Waals surface area contributed by atoms with E-state index in [2.05, 4.69) is 0 Å². The lowest BCUT2D eigenvalue weighted by Gasteiger charge is -2.28. The first-order chi connectivity index (χ1) is 10.3. The largest absolute Gasteiger partial charge is 0.480 e. The molecular formula is C13H8F3NO5. The van der Waals surface area contributed by atoms with Crippen LogP contribution >= 0.6 is 0 Å². The van der Waals surface area contributed by atoms with Crippen LogP contribution in [0.3, 0.4) is 0 Å². The number of aliphatic carboxylic acids is 1. The highest BCUT2D eigenvalue weighted by Gasteiger charge is 2.55. The van der Waals surface area contributed by atoms with Gasteiger partial charge in [0, 0.05) is 6.08 Å². The molecule has 0 bridgehead atoms. The van der Waals surface area contributed by atoms with Crippen LogP contribution in [0, 0.1) is 33.5 Å². The lowest BCUT2D eigenvalue weighted by atomic mass is 9.91. The third kappa shape index (κ3) is 2.41. The maximum absolute atomic E-state index is 13.6. The molecule has 2 atom stereocenters. The average molecular weight is 315 g/mol. The number of halogens is 3. The Morgan fingerprint density at radius 3 is 2.55 bits per heavy atom. The lowest BCUT2D eigenvalue weighted by molar-refractivity contribution is -0.605. The van der Waals surface area contributed by atoms with Crippen LogP contribution in [-0.4, -0.2) is 21.7 Å². The zero-order valence-corrected chi connectivity index (χ0v) is 10.7. The first-order valence-corrected chi connectivity index (χ1v) is 5.85. The molecule has 1 aliphatic rings. The predicted octanol–water partition coefficient (Wildman–Crippen LogP) is 2.28. The summed E-state index contributed by atoms with van der Waals surface area (Å²) in [7, 11) is 0. The highest BCUT2D eigenvalue weighted by molar-refractivity contribution is 5.74. The van der Waals surface area contributed by atoms with Crippen LogP contribution in [0.5, 0.6) is 5.75 Å². The van der Waals surface area contributed by atoms with Gasteiger partial charge in [-0.1, -0.05) is 18.2 Å². The van der Waals surface area contributed by atoms with Gasteiger partial charge in [0.1, 0.15) is 0 Å². The van der Waals surface area contributed by atoms with Gasteiger partial charge in [0.05, 0.1) is 4.92 Å². The van der Waals surface area contributed by atoms with Gasteiger partial charge in [0.15, 0.2) is 23.3 Å². The molecule has 1 aromatic carbocycles. The second kappa shape index (κ2) is 5.51. The molecule has 0 aromatic heterocycles. The molecule has 0 radical (unpaired) electrons. The van der Waals surface area contributed by atoms with Gasteiger partial charge >= 0.3 is 11.7 Å². The molecule has 116 valence electrons. The molecule has 22 heavy (non-hydrogen) atoms. The average Bonchev–Trinajstić information content (AvgIpc) is 2.48. The monoisotopic (exact) mass is 315 g/mol. The number of benzene rings is 1. The Morgan fingerprint density at radius 1 is 1.27 bits per heavy atom. The summed E-state index contributed by atoms with van der Waals surface area (Å²) in [4.78, 5) is 21.4. The maximum atomic E-state index is 13.6. The van der Waals surface area contributed by atoms with Crippen molar-refractivity contribution >= 4 is 5.97 Å². The number of carboxylic acids is 1. The highest BCUT2D eigenvalue weighted by Crippen LogP contribution is 2.33. The summed E-state index contributed by atoms with van der Waals surface area (Å²) < 4.78 is 44.5. The Labute approximate surface area is 121 Å². The van der Waals surface area contributed by atoms with Gasteiger partial charge in [-0.3, -0.25) is 14.9 Å². The predicted molar refractivity (Wildman–Crippen MR) is 66.1 cm³/mol. The van der Waals surface area contributed by atoms with E-state index in [9.17, 15) is 28.1 Å². The maximum Gasteiger partial charge on any atom is 0.400 e. The van der Waals surface area contributed by atoms with Crippen LogP contribution in [0.4, 0.5) is 13.2 Å². The van der Waals surface area contributed by atoms with Gasteiger partial charge in [-0.05, 0) is 12.1 Å². The van der Waals surface area contributed by atoms with Crippen molar-refractivity contribution in [2.75, 3.05) is 0 Å². The second-order valence-corrected chi connectivity index (χ2v) is 4.34. The highest BCUT2D eigenvalue weighted by atomic mass is 19.2. The van der Waals surface area contributed by atoms with Crippen molar-refractivity contribution in [3.63, 3.8) is 0 Å². The number of allylic oxidation sites excluding steroid dienone is 2. The summed E-state index contributed by atoms with van der Waals surface area (Å²) >= 11 is 0. The summed E-state index contributed by atoms with van der Waals surface area (Å²) in [6, 6.07) is 1.16. The SMILES string of the molecule is O=C(O)C1C=CC=CC1(Oc1ccc(F)c(F)c1F)[N+](=O)[O-]. The number of carboxylic acid groups (broad SMARTS) is 1. The van der Waals surface area contributed by atoms with Crippen molar-refractivity contribution in [1.29, 1.82) is 0 Å². The molecule has 1 aliphatic carbocycles. The summed E-state index contributed by atoms with van der Waals surface area (Å²) in [6.45, 7) is 0. The molecule has 6 nitrogen and oxygen atoms in total. The van der Waals surface area contributed by atoms with E-state index in [1.807, 2.05) is 0 Å². The van der Waals surface area contributed by atoms with E-state index in [-0.39, 0.29) is 0 Å². The molecule has 1 aromatic rings. The molecule has 0 heterocycles. The summed E-state index contributed by atoms with van der Waals surface area (Å²) in [6.07, 6.45) is 4.15. The normalized spacial score (nSPS) is 23.3. The molecule has 1 N–H and O–H groups in total. The van der Waals surface area contributed by atoms with Crippen LogP contribution in [-0.2, 0) is 4.79 Å². The molecule has 0 spiro atoms. The summed E-state index contributed by atoms with van der Waals surface area (Å²) in [5.74, 6) is -9.51. The molecular weight excluding hydrogens is 307 g/mol. The van der Waals surface area contributed by atoms with E-state index in [1.165, 1.54) is 6.08 Å². The number of carbonyl (C=O) groups is 1. The molecule has 0 saturated heterocycles. The minimum absolute atomic E-state index is 0.513. The van der Waals surface area contributed by atoms with Crippen LogP contribution in [0.15, 0.2) is 36.4 Å². The first-order valence-electron chi connectivity index (χ1n) is 5.85. The van der Waals surface area contributed by atoms with Gasteiger partial charge < -0.3 is 9.84 Å². The Bertz CT molecular complexity index is 703. The van der Waals surface area contributed by atoms with Crippen LogP contribution in [0.1, 0.15) is 0 Å².